The lowest BCUT2D eigenvalue weighted by Crippen LogP contribution is -2.29. The molecule has 144 valence electrons. The molecule has 0 saturated carbocycles. The minimum Gasteiger partial charge on any atom is -0.475 e. The van der Waals surface area contributed by atoms with E-state index >= 15 is 0 Å². The minimum absolute atomic E-state index is 0.0437. The van der Waals surface area contributed by atoms with Crippen LogP contribution < -0.4 is 10.1 Å². The summed E-state index contributed by atoms with van der Waals surface area (Å²) in [5.41, 5.74) is 2.84. The maximum absolute atomic E-state index is 13.0. The van der Waals surface area contributed by atoms with Crippen LogP contribution in [0.3, 0.4) is 0 Å². The summed E-state index contributed by atoms with van der Waals surface area (Å²) in [6, 6.07) is 23.3. The van der Waals surface area contributed by atoms with Crippen molar-refractivity contribution in [1.82, 2.24) is 10.3 Å². The van der Waals surface area contributed by atoms with E-state index in [4.69, 9.17) is 9.47 Å². The highest BCUT2D eigenvalue weighted by molar-refractivity contribution is 5.87. The van der Waals surface area contributed by atoms with Gasteiger partial charge in [0, 0.05) is 25.9 Å². The Bertz CT molecular complexity index is 813. The lowest BCUT2D eigenvalue weighted by Gasteiger charge is -2.18. The van der Waals surface area contributed by atoms with Crippen LogP contribution in [0.5, 0.6) is 5.88 Å². The molecule has 0 radical (unpaired) electrons. The molecule has 28 heavy (non-hydrogen) atoms. The Labute approximate surface area is 165 Å². The van der Waals surface area contributed by atoms with Crippen molar-refractivity contribution in [3.63, 3.8) is 0 Å². The van der Waals surface area contributed by atoms with E-state index in [1.165, 1.54) is 0 Å². The number of benzene rings is 2. The monoisotopic (exact) mass is 376 g/mol. The average Bonchev–Trinajstić information content (AvgIpc) is 2.75. The molecule has 2 aromatic carbocycles. The van der Waals surface area contributed by atoms with Crippen LogP contribution in [0.25, 0.3) is 0 Å². The molecule has 0 aliphatic rings. The molecule has 3 rings (SSSR count). The summed E-state index contributed by atoms with van der Waals surface area (Å²) in [6.45, 7) is 1.37. The second-order valence-electron chi connectivity index (χ2n) is 6.32. The van der Waals surface area contributed by atoms with Crippen LogP contribution in [0.1, 0.15) is 22.6 Å². The van der Waals surface area contributed by atoms with E-state index < -0.39 is 0 Å². The van der Waals surface area contributed by atoms with E-state index in [9.17, 15) is 4.79 Å². The second-order valence-corrected chi connectivity index (χ2v) is 6.32. The van der Waals surface area contributed by atoms with Crippen molar-refractivity contribution in [3.05, 3.63) is 95.7 Å². The lowest BCUT2D eigenvalue weighted by atomic mass is 9.90. The molecule has 0 bridgehead atoms. The Morgan fingerprint density at radius 2 is 1.57 bits per heavy atom. The number of carbonyl (C=O) groups excluding carboxylic acids is 1. The van der Waals surface area contributed by atoms with Crippen molar-refractivity contribution in [2.75, 3.05) is 20.3 Å². The van der Waals surface area contributed by atoms with Crippen LogP contribution in [-0.4, -0.2) is 31.2 Å². The first-order valence-electron chi connectivity index (χ1n) is 9.22. The highest BCUT2D eigenvalue weighted by atomic mass is 16.5. The van der Waals surface area contributed by atoms with Crippen LogP contribution in [-0.2, 0) is 16.1 Å². The van der Waals surface area contributed by atoms with Gasteiger partial charge in [-0.2, -0.15) is 0 Å². The molecule has 1 amide bonds. The summed E-state index contributed by atoms with van der Waals surface area (Å²) in [6.07, 6.45) is 1.71. The molecule has 3 aromatic rings. The highest BCUT2D eigenvalue weighted by Crippen LogP contribution is 2.24. The Morgan fingerprint density at radius 1 is 0.929 bits per heavy atom. The maximum atomic E-state index is 13.0. The van der Waals surface area contributed by atoms with Crippen molar-refractivity contribution in [2.24, 2.45) is 0 Å². The van der Waals surface area contributed by atoms with Gasteiger partial charge in [0.2, 0.25) is 11.8 Å². The van der Waals surface area contributed by atoms with E-state index in [1.54, 1.807) is 19.4 Å². The summed E-state index contributed by atoms with van der Waals surface area (Å²) in [7, 11) is 1.63. The van der Waals surface area contributed by atoms with E-state index in [-0.39, 0.29) is 11.8 Å². The molecular formula is C23H24N2O3. The van der Waals surface area contributed by atoms with Gasteiger partial charge in [-0.25, -0.2) is 4.98 Å². The molecule has 0 atom stereocenters. The molecule has 0 fully saturated rings. The average molecular weight is 376 g/mol. The van der Waals surface area contributed by atoms with Crippen LogP contribution >= 0.6 is 0 Å². The van der Waals surface area contributed by atoms with Gasteiger partial charge in [-0.3, -0.25) is 4.79 Å². The van der Waals surface area contributed by atoms with Crippen LogP contribution in [0.15, 0.2) is 79.0 Å². The predicted molar refractivity (Wildman–Crippen MR) is 108 cm³/mol. The third-order valence-electron chi connectivity index (χ3n) is 4.33. The van der Waals surface area contributed by atoms with Gasteiger partial charge in [0.25, 0.3) is 0 Å². The molecule has 0 saturated heterocycles. The Morgan fingerprint density at radius 3 is 2.11 bits per heavy atom. The fraction of sp³-hybridized carbons (Fsp3) is 0.217. The van der Waals surface area contributed by atoms with Crippen molar-refractivity contribution < 1.29 is 14.3 Å². The molecule has 5 heteroatoms. The smallest absolute Gasteiger partial charge is 0.232 e. The van der Waals surface area contributed by atoms with Gasteiger partial charge in [0.1, 0.15) is 6.61 Å². The Kier molecular flexibility index (Phi) is 7.15. The van der Waals surface area contributed by atoms with E-state index in [1.807, 2.05) is 66.7 Å². The maximum Gasteiger partial charge on any atom is 0.232 e. The van der Waals surface area contributed by atoms with Crippen molar-refractivity contribution in [1.29, 1.82) is 0 Å². The molecule has 1 heterocycles. The lowest BCUT2D eigenvalue weighted by molar-refractivity contribution is -0.121. The third-order valence-corrected chi connectivity index (χ3v) is 4.33. The van der Waals surface area contributed by atoms with E-state index in [0.717, 1.165) is 16.7 Å². The highest BCUT2D eigenvalue weighted by Gasteiger charge is 2.22. The summed E-state index contributed by atoms with van der Waals surface area (Å²) in [5, 5.41) is 3.03. The first kappa shape index (κ1) is 19.6. The number of nitrogens with zero attached hydrogens (tertiary/aromatic N) is 1. The SMILES string of the molecule is COCCOc1ccc(CNC(=O)C(c2ccccc2)c2ccccc2)cn1. The van der Waals surface area contributed by atoms with Gasteiger partial charge in [0.15, 0.2) is 0 Å². The number of hydrogen-bond acceptors (Lipinski definition) is 4. The normalized spacial score (nSPS) is 10.6. The van der Waals surface area contributed by atoms with Crippen molar-refractivity contribution in [3.8, 4) is 5.88 Å². The molecule has 1 N–H and O–H groups in total. The van der Waals surface area contributed by atoms with Crippen molar-refractivity contribution >= 4 is 5.91 Å². The number of aromatic nitrogens is 1. The molecular weight excluding hydrogens is 352 g/mol. The quantitative estimate of drug-likeness (QED) is 0.580. The standard InChI is InChI=1S/C23H24N2O3/c1-27-14-15-28-21-13-12-18(16-24-21)17-25-23(26)22(19-8-4-2-5-9-19)20-10-6-3-7-11-20/h2-13,16,22H,14-15,17H2,1H3,(H,25,26). The number of rotatable bonds is 9. The number of carbonyl (C=O) groups is 1. The van der Waals surface area contributed by atoms with Crippen molar-refractivity contribution in [2.45, 2.75) is 12.5 Å². The minimum atomic E-state index is -0.355. The van der Waals surface area contributed by atoms with Crippen LogP contribution in [0.4, 0.5) is 0 Å². The number of ether oxygens (including phenoxy) is 2. The zero-order chi connectivity index (χ0) is 19.6. The van der Waals surface area contributed by atoms with Crippen LogP contribution in [0, 0.1) is 0 Å². The molecule has 1 aromatic heterocycles. The number of hydrogen-bond donors (Lipinski definition) is 1. The Balaban J connectivity index is 1.66. The number of nitrogens with one attached hydrogen (secondary N) is 1. The zero-order valence-electron chi connectivity index (χ0n) is 15.9. The summed E-state index contributed by atoms with van der Waals surface area (Å²) in [4.78, 5) is 17.2. The largest absolute Gasteiger partial charge is 0.475 e. The van der Waals surface area contributed by atoms with Gasteiger partial charge >= 0.3 is 0 Å². The third kappa shape index (κ3) is 5.41. The molecule has 0 spiro atoms. The molecule has 0 aliphatic carbocycles. The summed E-state index contributed by atoms with van der Waals surface area (Å²) >= 11 is 0. The molecule has 5 nitrogen and oxygen atoms in total. The molecule has 0 unspecified atom stereocenters. The van der Waals surface area contributed by atoms with Crippen LogP contribution in [0.2, 0.25) is 0 Å². The van der Waals surface area contributed by atoms with Gasteiger partial charge in [-0.1, -0.05) is 66.7 Å². The first-order valence-corrected chi connectivity index (χ1v) is 9.22. The van der Waals surface area contributed by atoms with Gasteiger partial charge in [0.05, 0.1) is 12.5 Å². The van der Waals surface area contributed by atoms with E-state index in [0.29, 0.717) is 25.6 Å². The number of methoxy groups -OCH3 is 1. The fourth-order valence-electron chi connectivity index (χ4n) is 2.91. The van der Waals surface area contributed by atoms with Gasteiger partial charge < -0.3 is 14.8 Å². The first-order chi connectivity index (χ1) is 13.8. The summed E-state index contributed by atoms with van der Waals surface area (Å²) < 4.78 is 10.4. The zero-order valence-corrected chi connectivity index (χ0v) is 15.9. The number of amides is 1. The summed E-state index contributed by atoms with van der Waals surface area (Å²) in [5.74, 6) is 0.142. The van der Waals surface area contributed by atoms with E-state index in [2.05, 4.69) is 10.3 Å². The molecule has 0 aliphatic heterocycles. The predicted octanol–water partition coefficient (Wildman–Crippen LogP) is 3.56. The second kappa shape index (κ2) is 10.2. The van der Waals surface area contributed by atoms with Gasteiger partial charge in [-0.15, -0.1) is 0 Å². The number of pyridine rings is 1. The van der Waals surface area contributed by atoms with Gasteiger partial charge in [-0.05, 0) is 16.7 Å². The Hall–Kier alpha value is -3.18. The fourth-order valence-corrected chi connectivity index (χ4v) is 2.91. The topological polar surface area (TPSA) is 60.5 Å².